The molecule has 156 valence electrons. The lowest BCUT2D eigenvalue weighted by Crippen LogP contribution is -2.59. The Hall–Kier alpha value is -3.35. The average Bonchev–Trinajstić information content (AvgIpc) is 3.43. The molecule has 1 amide bonds. The van der Waals surface area contributed by atoms with Crippen molar-refractivity contribution in [3.8, 4) is 17.3 Å². The maximum atomic E-state index is 13.7. The summed E-state index contributed by atoms with van der Waals surface area (Å²) in [4.78, 5) is 33.3. The number of piperidine rings is 1. The number of pyridine rings is 2. The number of aromatic nitrogens is 4. The van der Waals surface area contributed by atoms with Gasteiger partial charge in [-0.1, -0.05) is 6.07 Å². The van der Waals surface area contributed by atoms with Crippen LogP contribution in [-0.2, 0) is 0 Å². The standard InChI is InChI=1S/C24H23N5O2/c1-14-4-5-19(27-11-14)31-18-10-24-9-16(24)13-29(21(18)24)23(30)20-17(8-15(2)12-28-20)22-25-6-3-7-26-22/h3-8,11-12,16,18,21H,9-10,13H2,1-2H3. The van der Waals surface area contributed by atoms with E-state index >= 15 is 0 Å². The molecule has 3 aromatic rings. The van der Waals surface area contributed by atoms with Crippen LogP contribution >= 0.6 is 0 Å². The normalized spacial score (nSPS) is 27.8. The van der Waals surface area contributed by atoms with Crippen molar-refractivity contribution < 1.29 is 9.53 Å². The molecule has 2 aliphatic carbocycles. The highest BCUT2D eigenvalue weighted by Crippen LogP contribution is 2.71. The summed E-state index contributed by atoms with van der Waals surface area (Å²) in [6.45, 7) is 4.72. The van der Waals surface area contributed by atoms with E-state index in [1.165, 1.54) is 6.42 Å². The highest BCUT2D eigenvalue weighted by Gasteiger charge is 2.76. The van der Waals surface area contributed by atoms with Crippen molar-refractivity contribution in [2.75, 3.05) is 6.54 Å². The minimum atomic E-state index is -0.0656. The Morgan fingerprint density at radius 1 is 1.06 bits per heavy atom. The Kier molecular flexibility index (Phi) is 3.91. The fourth-order valence-corrected chi connectivity index (χ4v) is 5.42. The molecule has 3 fully saturated rings. The summed E-state index contributed by atoms with van der Waals surface area (Å²) in [6, 6.07) is 7.67. The maximum absolute atomic E-state index is 13.7. The second kappa shape index (κ2) is 6.57. The first-order valence-electron chi connectivity index (χ1n) is 10.7. The molecule has 1 saturated heterocycles. The lowest BCUT2D eigenvalue weighted by molar-refractivity contribution is -0.0346. The van der Waals surface area contributed by atoms with Crippen LogP contribution < -0.4 is 4.74 Å². The highest BCUT2D eigenvalue weighted by molar-refractivity contribution is 5.99. The van der Waals surface area contributed by atoms with E-state index in [1.54, 1.807) is 24.7 Å². The fourth-order valence-electron chi connectivity index (χ4n) is 5.42. The molecule has 7 heteroatoms. The number of rotatable bonds is 4. The third-order valence-corrected chi connectivity index (χ3v) is 7.01. The van der Waals surface area contributed by atoms with E-state index in [-0.39, 0.29) is 23.5 Å². The predicted octanol–water partition coefficient (Wildman–Crippen LogP) is 3.23. The molecule has 4 unspecified atom stereocenters. The zero-order chi connectivity index (χ0) is 21.2. The third kappa shape index (κ3) is 2.83. The number of hydrogen-bond acceptors (Lipinski definition) is 6. The summed E-state index contributed by atoms with van der Waals surface area (Å²) in [6.07, 6.45) is 9.04. The lowest BCUT2D eigenvalue weighted by Gasteiger charge is -2.46. The maximum Gasteiger partial charge on any atom is 0.273 e. The van der Waals surface area contributed by atoms with Gasteiger partial charge in [0.2, 0.25) is 5.88 Å². The number of carbonyl (C=O) groups excluding carboxylic acids is 1. The fraction of sp³-hybridized carbons (Fsp3) is 0.375. The zero-order valence-corrected chi connectivity index (χ0v) is 17.5. The van der Waals surface area contributed by atoms with Crippen LogP contribution in [0.25, 0.3) is 11.4 Å². The van der Waals surface area contributed by atoms with Crippen LogP contribution in [0.5, 0.6) is 5.88 Å². The van der Waals surface area contributed by atoms with Gasteiger partial charge in [0.1, 0.15) is 11.8 Å². The molecule has 4 heterocycles. The summed E-state index contributed by atoms with van der Waals surface area (Å²) >= 11 is 0. The van der Waals surface area contributed by atoms with Crippen molar-refractivity contribution in [2.45, 2.75) is 38.8 Å². The van der Waals surface area contributed by atoms with Gasteiger partial charge in [-0.15, -0.1) is 0 Å². The Bertz CT molecular complexity index is 1170. The van der Waals surface area contributed by atoms with Gasteiger partial charge in [0.15, 0.2) is 5.82 Å². The van der Waals surface area contributed by atoms with E-state index in [4.69, 9.17) is 4.74 Å². The van der Waals surface area contributed by atoms with E-state index in [0.29, 0.717) is 28.9 Å². The minimum absolute atomic E-state index is 0.0338. The first-order chi connectivity index (χ1) is 15.0. The Balaban J connectivity index is 1.30. The van der Waals surface area contributed by atoms with Gasteiger partial charge < -0.3 is 9.64 Å². The second-order valence-electron chi connectivity index (χ2n) is 9.05. The van der Waals surface area contributed by atoms with Gasteiger partial charge in [0.25, 0.3) is 5.91 Å². The van der Waals surface area contributed by atoms with Crippen LogP contribution in [0.2, 0.25) is 0 Å². The molecule has 0 bridgehead atoms. The van der Waals surface area contributed by atoms with Crippen molar-refractivity contribution in [2.24, 2.45) is 11.3 Å². The lowest BCUT2D eigenvalue weighted by atomic mass is 9.73. The van der Waals surface area contributed by atoms with Gasteiger partial charge in [0.05, 0.1) is 11.6 Å². The van der Waals surface area contributed by atoms with Crippen molar-refractivity contribution in [1.82, 2.24) is 24.8 Å². The van der Waals surface area contributed by atoms with Gasteiger partial charge in [0, 0.05) is 42.8 Å². The summed E-state index contributed by atoms with van der Waals surface area (Å²) in [7, 11) is 0. The summed E-state index contributed by atoms with van der Waals surface area (Å²) in [5, 5.41) is 0. The Morgan fingerprint density at radius 3 is 2.65 bits per heavy atom. The summed E-state index contributed by atoms with van der Waals surface area (Å²) in [5.41, 5.74) is 3.37. The molecule has 1 spiro atoms. The zero-order valence-electron chi connectivity index (χ0n) is 17.5. The molecule has 4 atom stereocenters. The molecule has 3 aromatic heterocycles. The Morgan fingerprint density at radius 2 is 1.87 bits per heavy atom. The molecule has 2 saturated carbocycles. The SMILES string of the molecule is Cc1ccc(OC2CC34CC3CN(C(=O)c3ncc(C)cc3-c3ncccn3)C24)nc1. The molecule has 0 N–H and O–H groups in total. The van der Waals surface area contributed by atoms with Crippen molar-refractivity contribution in [3.05, 3.63) is 65.9 Å². The van der Waals surface area contributed by atoms with Crippen LogP contribution in [-0.4, -0.2) is 49.4 Å². The van der Waals surface area contributed by atoms with Gasteiger partial charge in [-0.2, -0.15) is 0 Å². The van der Waals surface area contributed by atoms with E-state index in [0.717, 1.165) is 24.1 Å². The number of ether oxygens (including phenoxy) is 1. The number of hydrogen-bond donors (Lipinski definition) is 0. The molecule has 31 heavy (non-hydrogen) atoms. The average molecular weight is 413 g/mol. The van der Waals surface area contributed by atoms with Gasteiger partial charge in [-0.05, 0) is 55.9 Å². The van der Waals surface area contributed by atoms with Crippen LogP contribution in [0.1, 0.15) is 34.5 Å². The monoisotopic (exact) mass is 413 g/mol. The van der Waals surface area contributed by atoms with E-state index < -0.39 is 0 Å². The van der Waals surface area contributed by atoms with Crippen molar-refractivity contribution >= 4 is 5.91 Å². The van der Waals surface area contributed by atoms with Crippen LogP contribution in [0, 0.1) is 25.2 Å². The summed E-state index contributed by atoms with van der Waals surface area (Å²) < 4.78 is 6.21. The predicted molar refractivity (Wildman–Crippen MR) is 113 cm³/mol. The molecule has 1 aliphatic heterocycles. The van der Waals surface area contributed by atoms with E-state index in [2.05, 4.69) is 19.9 Å². The van der Waals surface area contributed by atoms with Crippen LogP contribution in [0.4, 0.5) is 0 Å². The number of nitrogens with zero attached hydrogens (tertiary/aromatic N) is 5. The van der Waals surface area contributed by atoms with Crippen molar-refractivity contribution in [3.63, 3.8) is 0 Å². The smallest absolute Gasteiger partial charge is 0.273 e. The quantitative estimate of drug-likeness (QED) is 0.653. The largest absolute Gasteiger partial charge is 0.472 e. The van der Waals surface area contributed by atoms with Crippen molar-refractivity contribution in [1.29, 1.82) is 0 Å². The minimum Gasteiger partial charge on any atom is -0.472 e. The molecule has 0 radical (unpaired) electrons. The first kappa shape index (κ1) is 18.4. The van der Waals surface area contributed by atoms with Gasteiger partial charge >= 0.3 is 0 Å². The Labute approximate surface area is 180 Å². The second-order valence-corrected chi connectivity index (χ2v) is 9.05. The molecule has 6 rings (SSSR count). The highest BCUT2D eigenvalue weighted by atomic mass is 16.5. The van der Waals surface area contributed by atoms with Crippen LogP contribution in [0.3, 0.4) is 0 Å². The summed E-state index contributed by atoms with van der Waals surface area (Å²) in [5.74, 6) is 1.64. The number of amides is 1. The molecular weight excluding hydrogens is 390 g/mol. The van der Waals surface area contributed by atoms with Gasteiger partial charge in [-0.25, -0.2) is 15.0 Å². The third-order valence-electron chi connectivity index (χ3n) is 7.01. The molecule has 3 aliphatic rings. The number of likely N-dealkylation sites (tertiary alicyclic amines) is 1. The van der Waals surface area contributed by atoms with E-state index in [1.807, 2.05) is 43.1 Å². The number of aryl methyl sites for hydroxylation is 2. The topological polar surface area (TPSA) is 81.1 Å². The molecular formula is C24H23N5O2. The molecule has 7 nitrogen and oxygen atoms in total. The van der Waals surface area contributed by atoms with Crippen LogP contribution in [0.15, 0.2) is 49.1 Å². The van der Waals surface area contributed by atoms with E-state index in [9.17, 15) is 4.79 Å². The first-order valence-corrected chi connectivity index (χ1v) is 10.7. The molecule has 0 aromatic carbocycles. The van der Waals surface area contributed by atoms with Gasteiger partial charge in [-0.3, -0.25) is 9.78 Å². The number of carbonyl (C=O) groups is 1.